The maximum atomic E-state index is 5.95. The third-order valence-electron chi connectivity index (χ3n) is 1.75. The number of hydrogen-bond donors (Lipinski definition) is 0. The number of alkyl halides is 1. The second-order valence-electron chi connectivity index (χ2n) is 2.69. The van der Waals surface area contributed by atoms with E-state index >= 15 is 0 Å². The third kappa shape index (κ3) is 2.08. The van der Waals surface area contributed by atoms with Crippen LogP contribution in [0.2, 0.25) is 5.02 Å². The molecule has 2 aromatic heterocycles. The molecular formula is C9H5Br2ClOS. The van der Waals surface area contributed by atoms with E-state index in [9.17, 15) is 0 Å². The Morgan fingerprint density at radius 1 is 1.50 bits per heavy atom. The Morgan fingerprint density at radius 2 is 2.29 bits per heavy atom. The molecule has 74 valence electrons. The summed E-state index contributed by atoms with van der Waals surface area (Å²) >= 11 is 14.6. The summed E-state index contributed by atoms with van der Waals surface area (Å²) < 4.78 is 5.98. The van der Waals surface area contributed by atoms with Crippen molar-refractivity contribution in [2.24, 2.45) is 0 Å². The Kier molecular flexibility index (Phi) is 3.37. The number of thiophene rings is 1. The van der Waals surface area contributed by atoms with Crippen molar-refractivity contribution in [3.8, 4) is 0 Å². The van der Waals surface area contributed by atoms with Gasteiger partial charge in [-0.2, -0.15) is 0 Å². The molecule has 0 fully saturated rings. The molecule has 1 nitrogen and oxygen atoms in total. The quantitative estimate of drug-likeness (QED) is 0.671. The van der Waals surface area contributed by atoms with Crippen LogP contribution in [0.1, 0.15) is 15.3 Å². The van der Waals surface area contributed by atoms with Gasteiger partial charge >= 0.3 is 0 Å². The second-order valence-corrected chi connectivity index (χ2v) is 6.41. The van der Waals surface area contributed by atoms with Gasteiger partial charge in [-0.25, -0.2) is 0 Å². The first-order chi connectivity index (χ1) is 6.68. The van der Waals surface area contributed by atoms with E-state index in [4.69, 9.17) is 16.0 Å². The van der Waals surface area contributed by atoms with Gasteiger partial charge in [0, 0.05) is 10.4 Å². The Labute approximate surface area is 107 Å². The second kappa shape index (κ2) is 4.39. The number of halogens is 3. The van der Waals surface area contributed by atoms with Gasteiger partial charge in [0.15, 0.2) is 0 Å². The Balaban J connectivity index is 2.32. The van der Waals surface area contributed by atoms with E-state index in [1.54, 1.807) is 23.9 Å². The molecule has 0 aliphatic carbocycles. The van der Waals surface area contributed by atoms with Crippen molar-refractivity contribution in [1.82, 2.24) is 0 Å². The molecule has 1 unspecified atom stereocenters. The molecule has 2 rings (SSSR count). The van der Waals surface area contributed by atoms with E-state index in [-0.39, 0.29) is 4.83 Å². The van der Waals surface area contributed by atoms with Crippen LogP contribution in [-0.2, 0) is 0 Å². The summed E-state index contributed by atoms with van der Waals surface area (Å²) in [5.74, 6) is 0. The van der Waals surface area contributed by atoms with Gasteiger partial charge in [0.1, 0.15) is 0 Å². The van der Waals surface area contributed by atoms with Crippen molar-refractivity contribution >= 4 is 54.8 Å². The number of rotatable bonds is 2. The van der Waals surface area contributed by atoms with Crippen LogP contribution in [0.15, 0.2) is 32.9 Å². The molecular weight excluding hydrogens is 351 g/mol. The fourth-order valence-corrected chi connectivity index (χ4v) is 3.50. The van der Waals surface area contributed by atoms with Crippen molar-refractivity contribution < 1.29 is 4.42 Å². The van der Waals surface area contributed by atoms with E-state index < -0.39 is 0 Å². The van der Waals surface area contributed by atoms with Crippen molar-refractivity contribution in [1.29, 1.82) is 0 Å². The lowest BCUT2D eigenvalue weighted by Crippen LogP contribution is -1.84. The molecule has 0 aliphatic rings. The third-order valence-corrected chi connectivity index (χ3v) is 5.61. The molecule has 2 heterocycles. The lowest BCUT2D eigenvalue weighted by Gasteiger charge is -2.02. The molecule has 5 heteroatoms. The standard InChI is InChI=1S/C9H5Br2ClOS/c10-8(5-1-2-13-4-5)7-3-6(12)9(11)14-7/h1-4,8H. The highest BCUT2D eigenvalue weighted by molar-refractivity contribution is 9.11. The van der Waals surface area contributed by atoms with Crippen LogP contribution in [0.25, 0.3) is 0 Å². The molecule has 0 aromatic carbocycles. The Bertz CT molecular complexity index is 404. The van der Waals surface area contributed by atoms with Crippen molar-refractivity contribution in [2.75, 3.05) is 0 Å². The summed E-state index contributed by atoms with van der Waals surface area (Å²) in [6.45, 7) is 0. The maximum Gasteiger partial charge on any atom is 0.0949 e. The largest absolute Gasteiger partial charge is 0.472 e. The van der Waals surface area contributed by atoms with E-state index in [2.05, 4.69) is 31.9 Å². The molecule has 0 spiro atoms. The summed E-state index contributed by atoms with van der Waals surface area (Å²) in [7, 11) is 0. The summed E-state index contributed by atoms with van der Waals surface area (Å²) in [5.41, 5.74) is 1.09. The first kappa shape index (κ1) is 10.7. The summed E-state index contributed by atoms with van der Waals surface area (Å²) in [6.07, 6.45) is 3.38. The minimum atomic E-state index is 0.148. The molecule has 0 saturated carbocycles. The van der Waals surface area contributed by atoms with Gasteiger partial charge in [0.05, 0.1) is 26.2 Å². The van der Waals surface area contributed by atoms with Crippen LogP contribution in [0.5, 0.6) is 0 Å². The van der Waals surface area contributed by atoms with Crippen LogP contribution in [0.4, 0.5) is 0 Å². The number of hydrogen-bond acceptors (Lipinski definition) is 2. The minimum absolute atomic E-state index is 0.148. The van der Waals surface area contributed by atoms with Gasteiger partial charge in [-0.1, -0.05) is 27.5 Å². The summed E-state index contributed by atoms with van der Waals surface area (Å²) in [5, 5.41) is 0.748. The predicted molar refractivity (Wildman–Crippen MR) is 66.5 cm³/mol. The van der Waals surface area contributed by atoms with Crippen molar-refractivity contribution in [3.63, 3.8) is 0 Å². The van der Waals surface area contributed by atoms with Crippen LogP contribution in [-0.4, -0.2) is 0 Å². The lowest BCUT2D eigenvalue weighted by molar-refractivity contribution is 0.564. The first-order valence-electron chi connectivity index (χ1n) is 3.79. The topological polar surface area (TPSA) is 13.1 Å². The fraction of sp³-hybridized carbons (Fsp3) is 0.111. The predicted octanol–water partition coefficient (Wildman–Crippen LogP) is 5.24. The van der Waals surface area contributed by atoms with Gasteiger partial charge in [-0.3, -0.25) is 0 Å². The molecule has 0 radical (unpaired) electrons. The molecule has 0 saturated heterocycles. The zero-order chi connectivity index (χ0) is 10.1. The highest BCUT2D eigenvalue weighted by atomic mass is 79.9. The van der Waals surface area contributed by atoms with Gasteiger partial charge in [0.2, 0.25) is 0 Å². The maximum absolute atomic E-state index is 5.95. The van der Waals surface area contributed by atoms with E-state index in [1.807, 2.05) is 12.1 Å². The summed E-state index contributed by atoms with van der Waals surface area (Å²) in [4.78, 5) is 1.30. The summed E-state index contributed by atoms with van der Waals surface area (Å²) in [6, 6.07) is 3.88. The first-order valence-corrected chi connectivity index (χ1v) is 6.69. The molecule has 2 aromatic rings. The average molecular weight is 356 g/mol. The Hall–Kier alpha value is 0.230. The molecule has 0 bridgehead atoms. The van der Waals surface area contributed by atoms with Crippen molar-refractivity contribution in [2.45, 2.75) is 4.83 Å². The molecule has 1 atom stereocenters. The smallest absolute Gasteiger partial charge is 0.0949 e. The molecule has 0 amide bonds. The zero-order valence-electron chi connectivity index (χ0n) is 6.84. The van der Waals surface area contributed by atoms with Crippen LogP contribution >= 0.6 is 54.8 Å². The van der Waals surface area contributed by atoms with E-state index in [1.165, 1.54) is 0 Å². The Morgan fingerprint density at radius 3 is 2.79 bits per heavy atom. The lowest BCUT2D eigenvalue weighted by atomic mass is 10.2. The van der Waals surface area contributed by atoms with E-state index in [0.29, 0.717) is 0 Å². The molecule has 0 N–H and O–H groups in total. The van der Waals surface area contributed by atoms with Gasteiger partial charge in [-0.05, 0) is 28.1 Å². The highest BCUT2D eigenvalue weighted by Crippen LogP contribution is 2.41. The zero-order valence-corrected chi connectivity index (χ0v) is 11.6. The van der Waals surface area contributed by atoms with Gasteiger partial charge < -0.3 is 4.42 Å². The molecule has 0 aliphatic heterocycles. The normalized spacial score (nSPS) is 13.1. The SMILES string of the molecule is Clc1cc(C(Br)c2ccoc2)sc1Br. The van der Waals surface area contributed by atoms with Gasteiger partial charge in [0.25, 0.3) is 0 Å². The van der Waals surface area contributed by atoms with E-state index in [0.717, 1.165) is 19.2 Å². The van der Waals surface area contributed by atoms with Crippen LogP contribution in [0.3, 0.4) is 0 Å². The molecule has 14 heavy (non-hydrogen) atoms. The average Bonchev–Trinajstić information content (AvgIpc) is 2.76. The van der Waals surface area contributed by atoms with Crippen LogP contribution in [0, 0.1) is 0 Å². The highest BCUT2D eigenvalue weighted by Gasteiger charge is 2.15. The number of furan rings is 1. The van der Waals surface area contributed by atoms with Crippen LogP contribution < -0.4 is 0 Å². The van der Waals surface area contributed by atoms with Gasteiger partial charge in [-0.15, -0.1) is 11.3 Å². The minimum Gasteiger partial charge on any atom is -0.472 e. The monoisotopic (exact) mass is 354 g/mol. The van der Waals surface area contributed by atoms with Crippen molar-refractivity contribution in [3.05, 3.63) is 43.9 Å². The fourth-order valence-electron chi connectivity index (χ4n) is 1.07.